The fraction of sp³-hybridized carbons (Fsp3) is 0.227. The van der Waals surface area contributed by atoms with Crippen LogP contribution in [0.1, 0.15) is 23.2 Å². The van der Waals surface area contributed by atoms with E-state index in [1.54, 1.807) is 18.5 Å². The molecule has 1 aromatic carbocycles. The standard InChI is InChI=1S/C22H19F3N4O2/c23-22(24,25)31-18-7-5-17(6-8-18)28-21(30)16-12-19(15-4-3-9-26-13-15)20(27-14-16)29-10-1-2-11-29/h3-9,12-14H,1-2,10-11H2,(H,28,30). The minimum absolute atomic E-state index is 0.331. The van der Waals surface area contributed by atoms with Crippen LogP contribution in [0.25, 0.3) is 11.1 Å². The molecule has 1 aliphatic heterocycles. The van der Waals surface area contributed by atoms with Crippen molar-refractivity contribution in [1.82, 2.24) is 9.97 Å². The van der Waals surface area contributed by atoms with Crippen LogP contribution in [-0.4, -0.2) is 35.3 Å². The van der Waals surface area contributed by atoms with E-state index in [4.69, 9.17) is 0 Å². The Balaban J connectivity index is 1.57. The second-order valence-electron chi connectivity index (χ2n) is 7.06. The number of rotatable bonds is 5. The number of amides is 1. The highest BCUT2D eigenvalue weighted by atomic mass is 19.4. The zero-order valence-corrected chi connectivity index (χ0v) is 16.4. The van der Waals surface area contributed by atoms with Crippen LogP contribution in [-0.2, 0) is 0 Å². The molecule has 0 atom stereocenters. The number of nitrogens with zero attached hydrogens (tertiary/aromatic N) is 3. The molecule has 1 N–H and O–H groups in total. The van der Waals surface area contributed by atoms with Crippen molar-refractivity contribution in [1.29, 1.82) is 0 Å². The van der Waals surface area contributed by atoms with Gasteiger partial charge in [0.05, 0.1) is 5.56 Å². The number of aromatic nitrogens is 2. The molecule has 31 heavy (non-hydrogen) atoms. The fourth-order valence-electron chi connectivity index (χ4n) is 3.44. The maximum absolute atomic E-state index is 12.8. The summed E-state index contributed by atoms with van der Waals surface area (Å²) in [5.74, 6) is 0.0202. The lowest BCUT2D eigenvalue weighted by atomic mass is 10.1. The van der Waals surface area contributed by atoms with E-state index >= 15 is 0 Å². The van der Waals surface area contributed by atoms with Gasteiger partial charge in [-0.1, -0.05) is 6.07 Å². The number of anilines is 2. The highest BCUT2D eigenvalue weighted by Crippen LogP contribution is 2.32. The molecule has 0 unspecified atom stereocenters. The van der Waals surface area contributed by atoms with Crippen LogP contribution in [0.5, 0.6) is 5.75 Å². The normalized spacial score (nSPS) is 13.8. The van der Waals surface area contributed by atoms with Gasteiger partial charge in [-0.25, -0.2) is 4.98 Å². The van der Waals surface area contributed by atoms with Crippen molar-refractivity contribution in [2.45, 2.75) is 19.2 Å². The first kappa shape index (κ1) is 20.6. The molecule has 3 aromatic rings. The van der Waals surface area contributed by atoms with Crippen molar-refractivity contribution in [3.05, 3.63) is 66.6 Å². The van der Waals surface area contributed by atoms with Gasteiger partial charge in [-0.3, -0.25) is 9.78 Å². The molecule has 0 aliphatic carbocycles. The Labute approximate surface area is 176 Å². The van der Waals surface area contributed by atoms with E-state index in [-0.39, 0.29) is 5.75 Å². The van der Waals surface area contributed by atoms with Gasteiger partial charge in [-0.05, 0) is 49.2 Å². The summed E-state index contributed by atoms with van der Waals surface area (Å²) >= 11 is 0. The topological polar surface area (TPSA) is 67.3 Å². The summed E-state index contributed by atoms with van der Waals surface area (Å²) in [7, 11) is 0. The Morgan fingerprint density at radius 2 is 1.81 bits per heavy atom. The molecular weight excluding hydrogens is 409 g/mol. The van der Waals surface area contributed by atoms with E-state index in [0.29, 0.717) is 11.3 Å². The molecule has 6 nitrogen and oxygen atoms in total. The Morgan fingerprint density at radius 3 is 2.45 bits per heavy atom. The predicted octanol–water partition coefficient (Wildman–Crippen LogP) is 4.89. The molecule has 1 saturated heterocycles. The van der Waals surface area contributed by atoms with Gasteiger partial charge in [0.1, 0.15) is 11.6 Å². The van der Waals surface area contributed by atoms with Crippen molar-refractivity contribution in [3.63, 3.8) is 0 Å². The fourth-order valence-corrected chi connectivity index (χ4v) is 3.44. The van der Waals surface area contributed by atoms with Gasteiger partial charge >= 0.3 is 6.36 Å². The van der Waals surface area contributed by atoms with Gasteiger partial charge in [-0.15, -0.1) is 13.2 Å². The summed E-state index contributed by atoms with van der Waals surface area (Å²) in [5.41, 5.74) is 2.32. The highest BCUT2D eigenvalue weighted by Gasteiger charge is 2.31. The van der Waals surface area contributed by atoms with E-state index < -0.39 is 12.3 Å². The van der Waals surface area contributed by atoms with Crippen LogP contribution in [0.15, 0.2) is 61.1 Å². The Kier molecular flexibility index (Phi) is 5.75. The van der Waals surface area contributed by atoms with E-state index in [2.05, 4.69) is 24.9 Å². The molecular formula is C22H19F3N4O2. The minimum atomic E-state index is -4.77. The number of benzene rings is 1. The van der Waals surface area contributed by atoms with Gasteiger partial charge in [0, 0.05) is 48.5 Å². The monoisotopic (exact) mass is 428 g/mol. The second kappa shape index (κ2) is 8.63. The molecule has 9 heteroatoms. The SMILES string of the molecule is O=C(Nc1ccc(OC(F)(F)F)cc1)c1cnc(N2CCCC2)c(-c2cccnc2)c1. The lowest BCUT2D eigenvalue weighted by Gasteiger charge is -2.20. The molecule has 1 amide bonds. The molecule has 1 aliphatic rings. The van der Waals surface area contributed by atoms with Crippen molar-refractivity contribution < 1.29 is 22.7 Å². The number of alkyl halides is 3. The third-order valence-corrected chi connectivity index (χ3v) is 4.85. The molecule has 0 spiro atoms. The average Bonchev–Trinajstić information content (AvgIpc) is 3.29. The van der Waals surface area contributed by atoms with Crippen LogP contribution in [0, 0.1) is 0 Å². The Morgan fingerprint density at radius 1 is 1.06 bits per heavy atom. The quantitative estimate of drug-likeness (QED) is 0.627. The lowest BCUT2D eigenvalue weighted by molar-refractivity contribution is -0.274. The molecule has 4 rings (SSSR count). The first-order valence-corrected chi connectivity index (χ1v) is 9.71. The Bertz CT molecular complexity index is 1050. The number of carbonyl (C=O) groups is 1. The van der Waals surface area contributed by atoms with Crippen molar-refractivity contribution in [2.75, 3.05) is 23.3 Å². The summed E-state index contributed by atoms with van der Waals surface area (Å²) in [6, 6.07) is 10.4. The van der Waals surface area contributed by atoms with Gasteiger partial charge in [0.2, 0.25) is 0 Å². The molecule has 2 aromatic heterocycles. The number of nitrogens with one attached hydrogen (secondary N) is 1. The van der Waals surface area contributed by atoms with E-state index in [1.165, 1.54) is 18.3 Å². The van der Waals surface area contributed by atoms with Crippen molar-refractivity contribution >= 4 is 17.4 Å². The van der Waals surface area contributed by atoms with E-state index in [9.17, 15) is 18.0 Å². The number of pyridine rings is 2. The van der Waals surface area contributed by atoms with Crippen LogP contribution < -0.4 is 15.0 Å². The number of halogens is 3. The van der Waals surface area contributed by atoms with Crippen molar-refractivity contribution in [2.24, 2.45) is 0 Å². The van der Waals surface area contributed by atoms with Crippen molar-refractivity contribution in [3.8, 4) is 16.9 Å². The van der Waals surface area contributed by atoms with Gasteiger partial charge < -0.3 is 15.0 Å². The van der Waals surface area contributed by atoms with Gasteiger partial charge in [-0.2, -0.15) is 0 Å². The number of hydrogen-bond acceptors (Lipinski definition) is 5. The number of carbonyl (C=O) groups excluding carboxylic acids is 1. The molecule has 0 bridgehead atoms. The first-order valence-electron chi connectivity index (χ1n) is 9.71. The Hall–Kier alpha value is -3.62. The molecule has 0 radical (unpaired) electrons. The van der Waals surface area contributed by atoms with Gasteiger partial charge in [0.25, 0.3) is 5.91 Å². The summed E-state index contributed by atoms with van der Waals surface area (Å²) in [6.07, 6.45) is 2.31. The lowest BCUT2D eigenvalue weighted by Crippen LogP contribution is -2.21. The third kappa shape index (κ3) is 5.11. The third-order valence-electron chi connectivity index (χ3n) is 4.85. The zero-order valence-electron chi connectivity index (χ0n) is 16.4. The molecule has 0 saturated carbocycles. The maximum Gasteiger partial charge on any atom is 0.573 e. The van der Waals surface area contributed by atoms with Crippen LogP contribution in [0.3, 0.4) is 0 Å². The largest absolute Gasteiger partial charge is 0.573 e. The number of hydrogen-bond donors (Lipinski definition) is 1. The average molecular weight is 428 g/mol. The number of ether oxygens (including phenoxy) is 1. The zero-order chi connectivity index (χ0) is 21.8. The molecule has 3 heterocycles. The maximum atomic E-state index is 12.8. The first-order chi connectivity index (χ1) is 14.9. The van der Waals surface area contributed by atoms with Gasteiger partial charge in [0.15, 0.2) is 0 Å². The van der Waals surface area contributed by atoms with E-state index in [1.807, 2.05) is 12.1 Å². The molecule has 1 fully saturated rings. The van der Waals surface area contributed by atoms with Crippen LogP contribution in [0.4, 0.5) is 24.7 Å². The summed E-state index contributed by atoms with van der Waals surface area (Å²) in [5, 5.41) is 2.67. The molecule has 160 valence electrons. The smallest absolute Gasteiger partial charge is 0.406 e. The minimum Gasteiger partial charge on any atom is -0.406 e. The predicted molar refractivity (Wildman–Crippen MR) is 110 cm³/mol. The highest BCUT2D eigenvalue weighted by molar-refractivity contribution is 6.05. The summed E-state index contributed by atoms with van der Waals surface area (Å²) in [6.45, 7) is 1.80. The summed E-state index contributed by atoms with van der Waals surface area (Å²) in [4.78, 5) is 23.6. The van der Waals surface area contributed by atoms with Crippen LogP contribution >= 0.6 is 0 Å². The van der Waals surface area contributed by atoms with Crippen LogP contribution in [0.2, 0.25) is 0 Å². The summed E-state index contributed by atoms with van der Waals surface area (Å²) < 4.78 is 40.7. The second-order valence-corrected chi connectivity index (χ2v) is 7.06. The van der Waals surface area contributed by atoms with E-state index in [0.717, 1.165) is 55.0 Å².